The zero-order valence-electron chi connectivity index (χ0n) is 19.5. The number of urea groups is 1. The monoisotopic (exact) mass is 493 g/mol. The number of amides is 4. The summed E-state index contributed by atoms with van der Waals surface area (Å²) < 4.78 is 1.08. The summed E-state index contributed by atoms with van der Waals surface area (Å²) in [5, 5.41) is 14.8. The zero-order valence-corrected chi connectivity index (χ0v) is 20.3. The van der Waals surface area contributed by atoms with Gasteiger partial charge in [0.25, 0.3) is 11.8 Å². The lowest BCUT2D eigenvalue weighted by Gasteiger charge is -2.34. The van der Waals surface area contributed by atoms with Gasteiger partial charge in [-0.3, -0.25) is 14.9 Å². The van der Waals surface area contributed by atoms with Crippen LogP contribution in [0.15, 0.2) is 36.0 Å². The first-order valence-corrected chi connectivity index (χ1v) is 12.5. The van der Waals surface area contributed by atoms with Crippen LogP contribution < -0.4 is 26.6 Å². The van der Waals surface area contributed by atoms with Crippen molar-refractivity contribution in [3.05, 3.63) is 41.5 Å². The van der Waals surface area contributed by atoms with E-state index in [1.54, 1.807) is 17.5 Å². The Hall–Kier alpha value is -3.73. The molecule has 5 rings (SSSR count). The summed E-state index contributed by atoms with van der Waals surface area (Å²) in [6, 6.07) is 7.33. The molecule has 1 aliphatic heterocycles. The molecule has 1 aromatic carbocycles. The number of hydrogen-bond donors (Lipinski definition) is 5. The highest BCUT2D eigenvalue weighted by atomic mass is 32.1. The molecule has 1 aliphatic carbocycles. The van der Waals surface area contributed by atoms with Crippen LogP contribution >= 0.6 is 11.3 Å². The smallest absolute Gasteiger partial charge is 0.322 e. The van der Waals surface area contributed by atoms with E-state index in [-0.39, 0.29) is 23.9 Å². The molecule has 35 heavy (non-hydrogen) atoms. The second kappa shape index (κ2) is 9.14. The fraction of sp³-hybridized carbons (Fsp3) is 0.375. The van der Waals surface area contributed by atoms with E-state index in [4.69, 9.17) is 0 Å². The van der Waals surface area contributed by atoms with E-state index in [0.717, 1.165) is 15.9 Å². The molecule has 182 valence electrons. The standard InChI is InChI=1S/C24H27N7O3S/c1-13(2)27-18-10-20(28-15-3-4-17-19(9-15)35-12-26-17)25-11-16(18)21(32)29-14-5-7-24(8-6-14)22(33)30-23(34)31-24/h3-4,9-14H,5-8H2,1-2H3,(H,29,32)(H2,25,27,28)(H2,30,31,33,34). The third-order valence-electron chi connectivity index (χ3n) is 6.39. The molecular weight excluding hydrogens is 466 g/mol. The van der Waals surface area contributed by atoms with Gasteiger partial charge in [0.1, 0.15) is 11.4 Å². The number of thiazole rings is 1. The Morgan fingerprint density at radius 2 is 1.97 bits per heavy atom. The van der Waals surface area contributed by atoms with E-state index < -0.39 is 11.6 Å². The van der Waals surface area contributed by atoms with Gasteiger partial charge in [-0.15, -0.1) is 11.3 Å². The topological polar surface area (TPSA) is 137 Å². The van der Waals surface area contributed by atoms with Crippen LogP contribution in [0.1, 0.15) is 49.9 Å². The average Bonchev–Trinajstić information content (AvgIpc) is 3.38. The number of nitrogens with one attached hydrogen (secondary N) is 5. The number of fused-ring (bicyclic) bond motifs is 1. The Balaban J connectivity index is 1.29. The molecule has 1 saturated heterocycles. The lowest BCUT2D eigenvalue weighted by molar-refractivity contribution is -0.125. The Bertz CT molecular complexity index is 1300. The molecule has 1 spiro atoms. The number of imide groups is 1. The summed E-state index contributed by atoms with van der Waals surface area (Å²) in [5.74, 6) is 0.118. The van der Waals surface area contributed by atoms with E-state index in [2.05, 4.69) is 36.6 Å². The van der Waals surface area contributed by atoms with Crippen LogP contribution in [0, 0.1) is 0 Å². The predicted molar refractivity (Wildman–Crippen MR) is 135 cm³/mol. The molecular formula is C24H27N7O3S. The van der Waals surface area contributed by atoms with Crippen molar-refractivity contribution in [1.82, 2.24) is 25.9 Å². The summed E-state index contributed by atoms with van der Waals surface area (Å²) >= 11 is 1.57. The molecule has 3 aromatic rings. The number of hydrogen-bond acceptors (Lipinski definition) is 8. The predicted octanol–water partition coefficient (Wildman–Crippen LogP) is 3.51. The number of rotatable bonds is 6. The lowest BCUT2D eigenvalue weighted by atomic mass is 9.79. The van der Waals surface area contributed by atoms with Gasteiger partial charge in [-0.05, 0) is 57.7 Å². The molecule has 0 radical (unpaired) electrons. The van der Waals surface area contributed by atoms with Crippen LogP contribution in [0.2, 0.25) is 0 Å². The van der Waals surface area contributed by atoms with Crippen molar-refractivity contribution in [2.75, 3.05) is 10.6 Å². The summed E-state index contributed by atoms with van der Waals surface area (Å²) in [6.07, 6.45) is 3.73. The van der Waals surface area contributed by atoms with Gasteiger partial charge in [0.2, 0.25) is 0 Å². The summed E-state index contributed by atoms with van der Waals surface area (Å²) in [5.41, 5.74) is 3.95. The van der Waals surface area contributed by atoms with Crippen molar-refractivity contribution in [3.8, 4) is 0 Å². The highest BCUT2D eigenvalue weighted by molar-refractivity contribution is 7.16. The molecule has 10 nitrogen and oxygen atoms in total. The van der Waals surface area contributed by atoms with Crippen molar-refractivity contribution < 1.29 is 14.4 Å². The average molecular weight is 494 g/mol. The molecule has 0 unspecified atom stereocenters. The van der Waals surface area contributed by atoms with Gasteiger partial charge in [0.15, 0.2) is 0 Å². The van der Waals surface area contributed by atoms with Gasteiger partial charge in [0.05, 0.1) is 27.0 Å². The third-order valence-corrected chi connectivity index (χ3v) is 7.18. The molecule has 5 N–H and O–H groups in total. The van der Waals surface area contributed by atoms with Crippen molar-refractivity contribution in [1.29, 1.82) is 0 Å². The number of aromatic nitrogens is 2. The van der Waals surface area contributed by atoms with Gasteiger partial charge < -0.3 is 21.3 Å². The maximum atomic E-state index is 13.2. The van der Waals surface area contributed by atoms with E-state index in [0.29, 0.717) is 42.8 Å². The largest absolute Gasteiger partial charge is 0.382 e. The molecule has 4 amide bonds. The van der Waals surface area contributed by atoms with Crippen molar-refractivity contribution in [2.45, 2.75) is 57.2 Å². The Morgan fingerprint density at radius 1 is 1.17 bits per heavy atom. The molecule has 3 heterocycles. The van der Waals surface area contributed by atoms with Crippen LogP contribution in [0.5, 0.6) is 0 Å². The normalized spacial score (nSPS) is 21.7. The minimum Gasteiger partial charge on any atom is -0.382 e. The number of nitrogens with zero attached hydrogens (tertiary/aromatic N) is 2. The lowest BCUT2D eigenvalue weighted by Crippen LogP contribution is -2.52. The molecule has 0 atom stereocenters. The Kier molecular flexibility index (Phi) is 6.01. The number of benzene rings is 1. The van der Waals surface area contributed by atoms with E-state index in [9.17, 15) is 14.4 Å². The minimum atomic E-state index is -0.847. The fourth-order valence-electron chi connectivity index (χ4n) is 4.61. The van der Waals surface area contributed by atoms with Crippen LogP contribution in [0.4, 0.5) is 22.0 Å². The summed E-state index contributed by atoms with van der Waals surface area (Å²) in [6.45, 7) is 4.02. The van der Waals surface area contributed by atoms with E-state index in [1.165, 1.54) is 0 Å². The quantitative estimate of drug-likeness (QED) is 0.331. The second-order valence-corrected chi connectivity index (χ2v) is 10.2. The van der Waals surface area contributed by atoms with Crippen molar-refractivity contribution in [3.63, 3.8) is 0 Å². The maximum absolute atomic E-state index is 13.2. The number of anilines is 3. The highest BCUT2D eigenvalue weighted by Crippen LogP contribution is 2.32. The summed E-state index contributed by atoms with van der Waals surface area (Å²) in [4.78, 5) is 45.7. The molecule has 2 aliphatic rings. The Labute approximate surface area is 206 Å². The number of carbonyl (C=O) groups excluding carboxylic acids is 3. The first kappa shape index (κ1) is 23.0. The third kappa shape index (κ3) is 4.76. The molecule has 2 fully saturated rings. The SMILES string of the molecule is CC(C)Nc1cc(Nc2ccc3ncsc3c2)ncc1C(=O)NC1CCC2(CC1)NC(=O)NC2=O. The van der Waals surface area contributed by atoms with Gasteiger partial charge in [-0.2, -0.15) is 0 Å². The minimum absolute atomic E-state index is 0.0886. The van der Waals surface area contributed by atoms with Crippen LogP contribution in [0.25, 0.3) is 10.2 Å². The van der Waals surface area contributed by atoms with Crippen molar-refractivity contribution >= 4 is 56.6 Å². The zero-order chi connectivity index (χ0) is 24.6. The number of pyridine rings is 1. The van der Waals surface area contributed by atoms with Gasteiger partial charge >= 0.3 is 6.03 Å². The van der Waals surface area contributed by atoms with Gasteiger partial charge in [-0.1, -0.05) is 0 Å². The van der Waals surface area contributed by atoms with Crippen molar-refractivity contribution in [2.24, 2.45) is 0 Å². The Morgan fingerprint density at radius 3 is 2.69 bits per heavy atom. The number of carbonyl (C=O) groups is 3. The van der Waals surface area contributed by atoms with Crippen LogP contribution in [0.3, 0.4) is 0 Å². The van der Waals surface area contributed by atoms with Crippen LogP contribution in [-0.2, 0) is 4.79 Å². The first-order valence-electron chi connectivity index (χ1n) is 11.6. The molecule has 2 aromatic heterocycles. The molecule has 1 saturated carbocycles. The summed E-state index contributed by atoms with van der Waals surface area (Å²) in [7, 11) is 0. The maximum Gasteiger partial charge on any atom is 0.322 e. The first-order chi connectivity index (χ1) is 16.8. The molecule has 11 heteroatoms. The van der Waals surface area contributed by atoms with Gasteiger partial charge in [0, 0.05) is 30.0 Å². The fourth-order valence-corrected chi connectivity index (χ4v) is 5.33. The van der Waals surface area contributed by atoms with Crippen LogP contribution in [-0.4, -0.2) is 45.4 Å². The van der Waals surface area contributed by atoms with Gasteiger partial charge in [-0.25, -0.2) is 14.8 Å². The molecule has 0 bridgehead atoms. The van der Waals surface area contributed by atoms with E-state index >= 15 is 0 Å². The second-order valence-electron chi connectivity index (χ2n) is 9.31. The van der Waals surface area contributed by atoms with E-state index in [1.807, 2.05) is 43.6 Å². The highest BCUT2D eigenvalue weighted by Gasteiger charge is 2.48.